The fourth-order valence-electron chi connectivity index (χ4n) is 2.13. The van der Waals surface area contributed by atoms with Gasteiger partial charge in [0.2, 0.25) is 12.4 Å². The number of carbonyl (C=O) groups excluding carboxylic acids is 5. The van der Waals surface area contributed by atoms with Crippen LogP contribution in [0, 0.1) is 0 Å². The fourth-order valence-corrected chi connectivity index (χ4v) is 2.13. The lowest BCUT2D eigenvalue weighted by Crippen LogP contribution is -2.51. The zero-order chi connectivity index (χ0) is 21.9. The summed E-state index contributed by atoms with van der Waals surface area (Å²) in [6, 6.07) is 0. The molecule has 11 heteroatoms. The van der Waals surface area contributed by atoms with Gasteiger partial charge in [0, 0.05) is 34.6 Å². The number of ether oxygens (including phenoxy) is 6. The van der Waals surface area contributed by atoms with Gasteiger partial charge in [0.05, 0.1) is 6.61 Å². The van der Waals surface area contributed by atoms with Crippen LogP contribution in [-0.2, 0) is 52.4 Å². The first-order valence-electron chi connectivity index (χ1n) is 8.37. The molecule has 0 aromatic heterocycles. The molecule has 0 fully saturated rings. The van der Waals surface area contributed by atoms with Gasteiger partial charge < -0.3 is 28.4 Å². The van der Waals surface area contributed by atoms with Crippen LogP contribution >= 0.6 is 0 Å². The summed E-state index contributed by atoms with van der Waals surface area (Å²) in [6.07, 6.45) is -5.40. The first kappa shape index (κ1) is 25.3. The van der Waals surface area contributed by atoms with Gasteiger partial charge >= 0.3 is 29.8 Å². The van der Waals surface area contributed by atoms with Gasteiger partial charge in [-0.1, -0.05) is 0 Å². The van der Waals surface area contributed by atoms with Crippen molar-refractivity contribution < 1.29 is 52.4 Å². The number of rotatable bonds is 11. The smallest absolute Gasteiger partial charge is 0.305 e. The number of esters is 5. The first-order chi connectivity index (χ1) is 12.9. The first-order valence-corrected chi connectivity index (χ1v) is 8.37. The summed E-state index contributed by atoms with van der Waals surface area (Å²) >= 11 is 0. The fraction of sp³-hybridized carbons (Fsp3) is 0.706. The third-order valence-corrected chi connectivity index (χ3v) is 2.96. The molecule has 0 N–H and O–H groups in total. The van der Waals surface area contributed by atoms with Crippen LogP contribution in [0.15, 0.2) is 0 Å². The molecule has 0 unspecified atom stereocenters. The molecule has 0 aliphatic carbocycles. The van der Waals surface area contributed by atoms with Crippen molar-refractivity contribution in [3.8, 4) is 0 Å². The van der Waals surface area contributed by atoms with Crippen molar-refractivity contribution in [3.63, 3.8) is 0 Å². The molecule has 0 saturated carbocycles. The quantitative estimate of drug-likeness (QED) is 0.202. The van der Waals surface area contributed by atoms with Crippen molar-refractivity contribution >= 4 is 29.8 Å². The minimum Gasteiger partial charge on any atom is -0.463 e. The van der Waals surface area contributed by atoms with Crippen LogP contribution in [0.1, 0.15) is 41.5 Å². The summed E-state index contributed by atoms with van der Waals surface area (Å²) < 4.78 is 30.4. The molecule has 0 saturated heterocycles. The minimum atomic E-state index is -1.53. The molecule has 0 bridgehead atoms. The van der Waals surface area contributed by atoms with Crippen LogP contribution in [0.3, 0.4) is 0 Å². The summed E-state index contributed by atoms with van der Waals surface area (Å²) in [5.41, 5.74) is 0. The zero-order valence-corrected chi connectivity index (χ0v) is 16.7. The van der Waals surface area contributed by atoms with Crippen molar-refractivity contribution in [3.05, 3.63) is 0 Å². The molecular formula is C17H26O11. The van der Waals surface area contributed by atoms with E-state index in [4.69, 9.17) is 28.4 Å². The Balaban J connectivity index is 5.66. The Morgan fingerprint density at radius 1 is 0.607 bits per heavy atom. The molecule has 0 heterocycles. The second-order valence-corrected chi connectivity index (χ2v) is 5.65. The lowest BCUT2D eigenvalue weighted by Gasteiger charge is -2.34. The average molecular weight is 406 g/mol. The summed E-state index contributed by atoms with van der Waals surface area (Å²) in [5, 5.41) is 0. The van der Waals surface area contributed by atoms with Crippen molar-refractivity contribution in [1.29, 1.82) is 0 Å². The second kappa shape index (κ2) is 12.7. The third kappa shape index (κ3) is 11.1. The van der Waals surface area contributed by atoms with Crippen LogP contribution in [0.25, 0.3) is 0 Å². The monoisotopic (exact) mass is 406 g/mol. The van der Waals surface area contributed by atoms with E-state index in [9.17, 15) is 24.0 Å². The van der Waals surface area contributed by atoms with Crippen molar-refractivity contribution in [2.45, 2.75) is 66.1 Å². The lowest BCUT2D eigenvalue weighted by molar-refractivity contribution is -0.239. The number of hydrogen-bond acceptors (Lipinski definition) is 11. The highest BCUT2D eigenvalue weighted by Gasteiger charge is 2.42. The molecule has 0 aromatic carbocycles. The van der Waals surface area contributed by atoms with E-state index in [0.29, 0.717) is 0 Å². The highest BCUT2D eigenvalue weighted by molar-refractivity contribution is 5.69. The zero-order valence-electron chi connectivity index (χ0n) is 16.7. The van der Waals surface area contributed by atoms with Crippen LogP contribution in [0.4, 0.5) is 0 Å². The Morgan fingerprint density at radius 3 is 1.50 bits per heavy atom. The van der Waals surface area contributed by atoms with Gasteiger partial charge in [0.25, 0.3) is 0 Å². The Kier molecular flexibility index (Phi) is 11.4. The molecule has 0 radical (unpaired) electrons. The van der Waals surface area contributed by atoms with Gasteiger partial charge in [-0.05, 0) is 6.92 Å². The molecule has 0 amide bonds. The number of carbonyl (C=O) groups is 5. The van der Waals surface area contributed by atoms with E-state index >= 15 is 0 Å². The maximum atomic E-state index is 11.6. The maximum Gasteiger partial charge on any atom is 0.305 e. The maximum absolute atomic E-state index is 11.6. The Morgan fingerprint density at radius 2 is 1.07 bits per heavy atom. The normalized spacial score (nSPS) is 14.6. The van der Waals surface area contributed by atoms with Gasteiger partial charge in [-0.15, -0.1) is 0 Å². The molecule has 0 spiro atoms. The predicted molar refractivity (Wildman–Crippen MR) is 90.5 cm³/mol. The van der Waals surface area contributed by atoms with Crippen molar-refractivity contribution in [2.75, 3.05) is 13.2 Å². The van der Waals surface area contributed by atoms with Crippen LogP contribution < -0.4 is 0 Å². The van der Waals surface area contributed by atoms with E-state index in [0.717, 1.165) is 27.7 Å². The Bertz CT molecular complexity index is 571. The van der Waals surface area contributed by atoms with E-state index < -0.39 is 54.4 Å². The standard InChI is InChI=1S/C17H26O11/c1-9(25-11(3)19)15(26-12(4)20)16(27-13(5)21)17(28-14(6)22)24-8-7-23-10(2)18/h9,15-17H,7-8H2,1-6H3/t9-,15-,16-,17-/m0/s1. The molecular weight excluding hydrogens is 380 g/mol. The SMILES string of the molecule is CC(=O)OCCO[C@@H](OC(C)=O)[C@@H](OC(C)=O)[C@@H](OC(C)=O)[C@H](C)OC(C)=O. The summed E-state index contributed by atoms with van der Waals surface area (Å²) in [6.45, 7) is 6.61. The van der Waals surface area contributed by atoms with Crippen molar-refractivity contribution in [2.24, 2.45) is 0 Å². The molecule has 160 valence electrons. The van der Waals surface area contributed by atoms with Gasteiger partial charge in [-0.25, -0.2) is 0 Å². The molecule has 28 heavy (non-hydrogen) atoms. The largest absolute Gasteiger partial charge is 0.463 e. The van der Waals surface area contributed by atoms with E-state index in [1.54, 1.807) is 0 Å². The van der Waals surface area contributed by atoms with Crippen LogP contribution in [-0.4, -0.2) is 67.7 Å². The minimum absolute atomic E-state index is 0.169. The summed E-state index contributed by atoms with van der Waals surface area (Å²) in [4.78, 5) is 56.6. The van der Waals surface area contributed by atoms with Crippen molar-refractivity contribution in [1.82, 2.24) is 0 Å². The van der Waals surface area contributed by atoms with Gasteiger partial charge in [0.15, 0.2) is 6.10 Å². The third-order valence-electron chi connectivity index (χ3n) is 2.96. The van der Waals surface area contributed by atoms with Gasteiger partial charge in [-0.2, -0.15) is 0 Å². The molecule has 0 aliphatic heterocycles. The molecule has 4 atom stereocenters. The Labute approximate surface area is 162 Å². The lowest BCUT2D eigenvalue weighted by atomic mass is 10.1. The average Bonchev–Trinajstić information content (AvgIpc) is 2.51. The molecule has 11 nitrogen and oxygen atoms in total. The Hall–Kier alpha value is -2.69. The number of hydrogen-bond donors (Lipinski definition) is 0. The van der Waals surface area contributed by atoms with Crippen LogP contribution in [0.5, 0.6) is 0 Å². The van der Waals surface area contributed by atoms with Gasteiger partial charge in [0.1, 0.15) is 12.7 Å². The topological polar surface area (TPSA) is 141 Å². The summed E-state index contributed by atoms with van der Waals surface area (Å²) in [7, 11) is 0. The van der Waals surface area contributed by atoms with E-state index in [2.05, 4.69) is 0 Å². The summed E-state index contributed by atoms with van der Waals surface area (Å²) in [5.74, 6) is -3.56. The van der Waals surface area contributed by atoms with E-state index in [1.165, 1.54) is 13.8 Å². The molecule has 0 aliphatic rings. The van der Waals surface area contributed by atoms with Gasteiger partial charge in [-0.3, -0.25) is 24.0 Å². The molecule has 0 aromatic rings. The predicted octanol–water partition coefficient (Wildman–Crippen LogP) is 0.270. The highest BCUT2D eigenvalue weighted by Crippen LogP contribution is 2.20. The van der Waals surface area contributed by atoms with E-state index in [-0.39, 0.29) is 13.2 Å². The van der Waals surface area contributed by atoms with Crippen LogP contribution in [0.2, 0.25) is 0 Å². The second-order valence-electron chi connectivity index (χ2n) is 5.65. The van der Waals surface area contributed by atoms with E-state index in [1.807, 2.05) is 0 Å². The highest BCUT2D eigenvalue weighted by atomic mass is 16.7. The molecule has 0 rings (SSSR count).